The Bertz CT molecular complexity index is 536. The molecule has 0 radical (unpaired) electrons. The molecule has 0 amide bonds. The minimum Gasteiger partial charge on any atom is -0.271 e. The molecule has 1 heterocycles. The summed E-state index contributed by atoms with van der Waals surface area (Å²) in [6.45, 7) is 5.01. The maximum Gasteiger partial charge on any atom is 0.244 e. The molecule has 1 aromatic rings. The average Bonchev–Trinajstić information content (AvgIpc) is 2.52. The second-order valence-electron chi connectivity index (χ2n) is 4.56. The third-order valence-corrected chi connectivity index (χ3v) is 5.75. The van der Waals surface area contributed by atoms with Gasteiger partial charge in [0.2, 0.25) is 10.0 Å². The van der Waals surface area contributed by atoms with Gasteiger partial charge in [-0.3, -0.25) is 4.68 Å². The molecule has 1 N–H and O–H groups in total. The van der Waals surface area contributed by atoms with Crippen LogP contribution >= 0.6 is 23.2 Å². The number of aromatic nitrogens is 2. The van der Waals surface area contributed by atoms with E-state index in [-0.39, 0.29) is 16.7 Å². The van der Waals surface area contributed by atoms with Gasteiger partial charge in [0.1, 0.15) is 4.90 Å². The predicted octanol–water partition coefficient (Wildman–Crippen LogP) is 1.55. The first-order valence-electron chi connectivity index (χ1n) is 5.33. The maximum atomic E-state index is 12.3. The van der Waals surface area contributed by atoms with Gasteiger partial charge in [-0.25, -0.2) is 13.1 Å². The van der Waals surface area contributed by atoms with Crippen LogP contribution in [0, 0.1) is 13.8 Å². The SMILES string of the molecule is Cc1nn(C)c(C)c1S(=O)(=O)NC(C)(CCl)CCl. The molecule has 0 aliphatic carbocycles. The van der Waals surface area contributed by atoms with E-state index in [2.05, 4.69) is 9.82 Å². The van der Waals surface area contributed by atoms with E-state index < -0.39 is 15.6 Å². The summed E-state index contributed by atoms with van der Waals surface area (Å²) in [5.74, 6) is 0.183. The lowest BCUT2D eigenvalue weighted by Crippen LogP contribution is -2.49. The molecule has 0 aromatic carbocycles. The van der Waals surface area contributed by atoms with Gasteiger partial charge in [-0.05, 0) is 20.8 Å². The number of alkyl halides is 2. The van der Waals surface area contributed by atoms with E-state index in [0.29, 0.717) is 11.4 Å². The first-order chi connectivity index (χ1) is 8.17. The fourth-order valence-electron chi connectivity index (χ4n) is 1.61. The molecule has 8 heteroatoms. The second-order valence-corrected chi connectivity index (χ2v) is 6.71. The number of hydrogen-bond donors (Lipinski definition) is 1. The van der Waals surface area contributed by atoms with Crippen LogP contribution in [0.5, 0.6) is 0 Å². The summed E-state index contributed by atoms with van der Waals surface area (Å²) in [5.41, 5.74) is 0.150. The van der Waals surface area contributed by atoms with Gasteiger partial charge in [-0.2, -0.15) is 5.10 Å². The Balaban J connectivity index is 3.23. The van der Waals surface area contributed by atoms with Crippen molar-refractivity contribution in [2.24, 2.45) is 7.05 Å². The molecule has 0 fully saturated rings. The summed E-state index contributed by atoms with van der Waals surface area (Å²) in [6, 6.07) is 0. The van der Waals surface area contributed by atoms with Crippen molar-refractivity contribution in [1.82, 2.24) is 14.5 Å². The highest BCUT2D eigenvalue weighted by Crippen LogP contribution is 2.21. The maximum absolute atomic E-state index is 12.3. The standard InChI is InChI=1S/C10H17Cl2N3O2S/c1-7-9(8(2)15(4)13-7)18(16,17)14-10(3,5-11)6-12/h14H,5-6H2,1-4H3. The topological polar surface area (TPSA) is 64.0 Å². The van der Waals surface area contributed by atoms with E-state index in [9.17, 15) is 8.42 Å². The molecule has 1 rings (SSSR count). The number of aryl methyl sites for hydroxylation is 2. The minimum absolute atomic E-state index is 0.0914. The monoisotopic (exact) mass is 313 g/mol. The highest BCUT2D eigenvalue weighted by molar-refractivity contribution is 7.89. The van der Waals surface area contributed by atoms with Crippen LogP contribution in [0.25, 0.3) is 0 Å². The zero-order valence-corrected chi connectivity index (χ0v) is 13.1. The fourth-order valence-corrected chi connectivity index (χ4v) is 4.03. The summed E-state index contributed by atoms with van der Waals surface area (Å²) < 4.78 is 28.7. The molecule has 0 aliphatic rings. The van der Waals surface area contributed by atoms with Crippen LogP contribution in [0.4, 0.5) is 0 Å². The first kappa shape index (κ1) is 15.8. The van der Waals surface area contributed by atoms with Gasteiger partial charge < -0.3 is 0 Å². The lowest BCUT2D eigenvalue weighted by molar-refractivity contribution is 0.499. The molecule has 1 aromatic heterocycles. The molecule has 0 spiro atoms. The Hall–Kier alpha value is -0.300. The highest BCUT2D eigenvalue weighted by Gasteiger charge is 2.32. The van der Waals surface area contributed by atoms with Crippen molar-refractivity contribution in [3.63, 3.8) is 0 Å². The van der Waals surface area contributed by atoms with E-state index in [1.807, 2.05) is 0 Å². The van der Waals surface area contributed by atoms with Crippen LogP contribution in [-0.2, 0) is 17.1 Å². The van der Waals surface area contributed by atoms with Crippen molar-refractivity contribution in [3.8, 4) is 0 Å². The van der Waals surface area contributed by atoms with Crippen LogP contribution in [0.2, 0.25) is 0 Å². The van der Waals surface area contributed by atoms with E-state index in [4.69, 9.17) is 23.2 Å². The molecule has 0 saturated heterocycles. The van der Waals surface area contributed by atoms with Crippen molar-refractivity contribution < 1.29 is 8.42 Å². The Kier molecular flexibility index (Phi) is 4.70. The van der Waals surface area contributed by atoms with E-state index in [1.54, 1.807) is 27.8 Å². The molecular formula is C10H17Cl2N3O2S. The molecule has 0 bridgehead atoms. The molecular weight excluding hydrogens is 297 g/mol. The van der Waals surface area contributed by atoms with Gasteiger partial charge in [0, 0.05) is 18.8 Å². The van der Waals surface area contributed by atoms with E-state index in [0.717, 1.165) is 0 Å². The Morgan fingerprint density at radius 2 is 1.83 bits per heavy atom. The summed E-state index contributed by atoms with van der Waals surface area (Å²) in [5, 5.41) is 4.09. The lowest BCUT2D eigenvalue weighted by atomic mass is 10.1. The van der Waals surface area contributed by atoms with Crippen LogP contribution < -0.4 is 4.72 Å². The predicted molar refractivity (Wildman–Crippen MR) is 72.8 cm³/mol. The van der Waals surface area contributed by atoms with Crippen LogP contribution in [-0.4, -0.2) is 35.5 Å². The average molecular weight is 314 g/mol. The molecule has 104 valence electrons. The Morgan fingerprint density at radius 3 is 2.17 bits per heavy atom. The summed E-state index contributed by atoms with van der Waals surface area (Å²) in [4.78, 5) is 0.187. The zero-order valence-electron chi connectivity index (χ0n) is 10.8. The van der Waals surface area contributed by atoms with Crippen molar-refractivity contribution in [2.45, 2.75) is 31.2 Å². The van der Waals surface area contributed by atoms with Crippen molar-refractivity contribution in [1.29, 1.82) is 0 Å². The summed E-state index contributed by atoms with van der Waals surface area (Å²) >= 11 is 11.5. The van der Waals surface area contributed by atoms with E-state index >= 15 is 0 Å². The number of halogens is 2. The number of sulfonamides is 1. The van der Waals surface area contributed by atoms with Crippen molar-refractivity contribution in [2.75, 3.05) is 11.8 Å². The fraction of sp³-hybridized carbons (Fsp3) is 0.700. The van der Waals surface area contributed by atoms with Crippen LogP contribution in [0.3, 0.4) is 0 Å². The van der Waals surface area contributed by atoms with Gasteiger partial charge in [0.15, 0.2) is 0 Å². The van der Waals surface area contributed by atoms with Gasteiger partial charge in [-0.1, -0.05) is 0 Å². The molecule has 5 nitrogen and oxygen atoms in total. The van der Waals surface area contributed by atoms with Gasteiger partial charge in [-0.15, -0.1) is 23.2 Å². The molecule has 0 unspecified atom stereocenters. The van der Waals surface area contributed by atoms with Gasteiger partial charge in [0.25, 0.3) is 0 Å². The largest absolute Gasteiger partial charge is 0.271 e. The van der Waals surface area contributed by atoms with Crippen LogP contribution in [0.15, 0.2) is 4.90 Å². The van der Waals surface area contributed by atoms with Crippen LogP contribution in [0.1, 0.15) is 18.3 Å². The normalized spacial score (nSPS) is 13.0. The van der Waals surface area contributed by atoms with E-state index in [1.165, 1.54) is 4.68 Å². The minimum atomic E-state index is -3.68. The first-order valence-corrected chi connectivity index (χ1v) is 7.88. The molecule has 0 aliphatic heterocycles. The number of nitrogens with zero attached hydrogens (tertiary/aromatic N) is 2. The third kappa shape index (κ3) is 2.99. The molecule has 18 heavy (non-hydrogen) atoms. The van der Waals surface area contributed by atoms with Crippen molar-refractivity contribution in [3.05, 3.63) is 11.4 Å². The number of rotatable bonds is 5. The smallest absolute Gasteiger partial charge is 0.244 e. The summed E-state index contributed by atoms with van der Waals surface area (Å²) in [7, 11) is -1.99. The Labute approximate surface area is 118 Å². The molecule has 0 saturated carbocycles. The Morgan fingerprint density at radius 1 is 1.33 bits per heavy atom. The number of hydrogen-bond acceptors (Lipinski definition) is 3. The quantitative estimate of drug-likeness (QED) is 0.839. The van der Waals surface area contributed by atoms with Crippen molar-refractivity contribution >= 4 is 33.2 Å². The lowest BCUT2D eigenvalue weighted by Gasteiger charge is -2.25. The molecule has 0 atom stereocenters. The second kappa shape index (κ2) is 5.36. The number of nitrogens with one attached hydrogen (secondary N) is 1. The zero-order chi connectivity index (χ0) is 14.1. The third-order valence-electron chi connectivity index (χ3n) is 2.68. The summed E-state index contributed by atoms with van der Waals surface area (Å²) in [6.07, 6.45) is 0. The highest BCUT2D eigenvalue weighted by atomic mass is 35.5. The van der Waals surface area contributed by atoms with Gasteiger partial charge >= 0.3 is 0 Å². The van der Waals surface area contributed by atoms with Gasteiger partial charge in [0.05, 0.1) is 16.9 Å².